The molecule has 24 heavy (non-hydrogen) atoms. The lowest BCUT2D eigenvalue weighted by molar-refractivity contribution is 0.212. The molecular weight excluding hydrogens is 330 g/mol. The van der Waals surface area contributed by atoms with Gasteiger partial charge in [0, 0.05) is 18.7 Å². The Labute approximate surface area is 144 Å². The fraction of sp³-hybridized carbons (Fsp3) is 0.438. The van der Waals surface area contributed by atoms with Crippen LogP contribution in [-0.4, -0.2) is 31.4 Å². The van der Waals surface area contributed by atoms with Gasteiger partial charge >= 0.3 is 0 Å². The first kappa shape index (κ1) is 15.4. The van der Waals surface area contributed by atoms with Crippen molar-refractivity contribution in [2.75, 3.05) is 6.54 Å². The third-order valence-corrected chi connectivity index (χ3v) is 4.89. The quantitative estimate of drug-likeness (QED) is 0.720. The van der Waals surface area contributed by atoms with Crippen molar-refractivity contribution in [2.45, 2.75) is 32.4 Å². The third kappa shape index (κ3) is 2.63. The van der Waals surface area contributed by atoms with E-state index in [2.05, 4.69) is 20.1 Å². The Balaban J connectivity index is 1.56. The van der Waals surface area contributed by atoms with Crippen LogP contribution in [0.5, 0.6) is 0 Å². The molecule has 0 N–H and O–H groups in total. The topological polar surface area (TPSA) is 73.1 Å². The maximum atomic E-state index is 6.44. The van der Waals surface area contributed by atoms with E-state index in [0.717, 1.165) is 30.6 Å². The molecule has 0 spiro atoms. The van der Waals surface area contributed by atoms with E-state index in [1.54, 1.807) is 17.0 Å². The minimum absolute atomic E-state index is 0.227. The van der Waals surface area contributed by atoms with Crippen molar-refractivity contribution in [1.29, 1.82) is 0 Å². The highest BCUT2D eigenvalue weighted by molar-refractivity contribution is 6.30. The Hall–Kier alpha value is -2.12. The molecule has 0 amide bonds. The zero-order valence-electron chi connectivity index (χ0n) is 13.6. The van der Waals surface area contributed by atoms with E-state index in [1.807, 2.05) is 20.0 Å². The standard InChI is InChI=1S/C16H18ClN5O2/c1-10-14(15(17)21(2)19-10)11-5-3-7-22(11)9-13-18-16(20-24-13)12-6-4-8-23-12/h4,6,8,11H,3,5,7,9H2,1-2H3/t11-/m1/s1. The number of nitrogens with zero attached hydrogens (tertiary/aromatic N) is 5. The second-order valence-corrected chi connectivity index (χ2v) is 6.39. The van der Waals surface area contributed by atoms with Gasteiger partial charge in [-0.3, -0.25) is 9.58 Å². The van der Waals surface area contributed by atoms with Crippen LogP contribution in [0.25, 0.3) is 11.6 Å². The van der Waals surface area contributed by atoms with Crippen LogP contribution >= 0.6 is 11.6 Å². The fourth-order valence-electron chi connectivity index (χ4n) is 3.37. The van der Waals surface area contributed by atoms with Crippen molar-refractivity contribution < 1.29 is 8.94 Å². The zero-order chi connectivity index (χ0) is 16.7. The largest absolute Gasteiger partial charge is 0.461 e. The lowest BCUT2D eigenvalue weighted by Crippen LogP contribution is -2.23. The number of furan rings is 1. The Kier molecular flexibility index (Phi) is 3.90. The molecule has 1 atom stereocenters. The molecule has 7 nitrogen and oxygen atoms in total. The minimum Gasteiger partial charge on any atom is -0.461 e. The molecule has 8 heteroatoms. The average molecular weight is 348 g/mol. The molecule has 1 saturated heterocycles. The molecule has 3 aromatic rings. The van der Waals surface area contributed by atoms with Crippen LogP contribution in [0.1, 0.15) is 36.0 Å². The molecular formula is C16H18ClN5O2. The second kappa shape index (κ2) is 6.07. The molecule has 126 valence electrons. The SMILES string of the molecule is Cc1nn(C)c(Cl)c1[C@H]1CCCN1Cc1nc(-c2ccco2)no1. The van der Waals surface area contributed by atoms with Crippen LogP contribution in [0.2, 0.25) is 5.15 Å². The number of likely N-dealkylation sites (tertiary alicyclic amines) is 1. The van der Waals surface area contributed by atoms with Gasteiger partial charge < -0.3 is 8.94 Å². The van der Waals surface area contributed by atoms with Crippen molar-refractivity contribution in [3.05, 3.63) is 40.7 Å². The van der Waals surface area contributed by atoms with Crippen LogP contribution < -0.4 is 0 Å². The predicted octanol–water partition coefficient (Wildman–Crippen LogP) is 3.36. The van der Waals surface area contributed by atoms with Gasteiger partial charge in [0.05, 0.1) is 18.5 Å². The number of rotatable bonds is 4. The molecule has 1 fully saturated rings. The van der Waals surface area contributed by atoms with E-state index in [0.29, 0.717) is 29.2 Å². The van der Waals surface area contributed by atoms with Gasteiger partial charge in [0.1, 0.15) is 5.15 Å². The van der Waals surface area contributed by atoms with Crippen molar-refractivity contribution in [2.24, 2.45) is 7.05 Å². The van der Waals surface area contributed by atoms with Gasteiger partial charge in [0.15, 0.2) is 5.76 Å². The summed E-state index contributed by atoms with van der Waals surface area (Å²) in [6.07, 6.45) is 3.75. The molecule has 4 rings (SSSR count). The fourth-order valence-corrected chi connectivity index (χ4v) is 3.67. The van der Waals surface area contributed by atoms with E-state index in [-0.39, 0.29) is 6.04 Å². The van der Waals surface area contributed by atoms with E-state index in [4.69, 9.17) is 20.5 Å². The average Bonchev–Trinajstić information content (AvgIpc) is 3.30. The Morgan fingerprint density at radius 3 is 3.00 bits per heavy atom. The highest BCUT2D eigenvalue weighted by Gasteiger charge is 2.32. The molecule has 1 aliphatic heterocycles. The van der Waals surface area contributed by atoms with Crippen molar-refractivity contribution in [1.82, 2.24) is 24.8 Å². The van der Waals surface area contributed by atoms with E-state index in [1.165, 1.54) is 0 Å². The van der Waals surface area contributed by atoms with Crippen LogP contribution in [0.4, 0.5) is 0 Å². The summed E-state index contributed by atoms with van der Waals surface area (Å²) in [6, 6.07) is 3.84. The second-order valence-electron chi connectivity index (χ2n) is 6.03. The molecule has 3 aromatic heterocycles. The first-order valence-electron chi connectivity index (χ1n) is 7.93. The molecule has 0 aliphatic carbocycles. The monoisotopic (exact) mass is 347 g/mol. The smallest absolute Gasteiger partial charge is 0.241 e. The summed E-state index contributed by atoms with van der Waals surface area (Å²) >= 11 is 6.44. The molecule has 1 aliphatic rings. The maximum absolute atomic E-state index is 6.44. The molecule has 0 radical (unpaired) electrons. The molecule has 0 bridgehead atoms. The van der Waals surface area contributed by atoms with E-state index in [9.17, 15) is 0 Å². The Morgan fingerprint density at radius 2 is 2.29 bits per heavy atom. The van der Waals surface area contributed by atoms with Crippen LogP contribution in [0, 0.1) is 6.92 Å². The summed E-state index contributed by atoms with van der Waals surface area (Å²) in [5, 5.41) is 9.12. The van der Waals surface area contributed by atoms with Gasteiger partial charge in [-0.2, -0.15) is 10.1 Å². The molecule has 0 aromatic carbocycles. The van der Waals surface area contributed by atoms with E-state index >= 15 is 0 Å². The summed E-state index contributed by atoms with van der Waals surface area (Å²) in [5.74, 6) is 1.65. The Bertz CT molecular complexity index is 839. The van der Waals surface area contributed by atoms with Gasteiger partial charge in [-0.1, -0.05) is 16.8 Å². The van der Waals surface area contributed by atoms with Gasteiger partial charge in [-0.05, 0) is 38.4 Å². The number of hydrogen-bond acceptors (Lipinski definition) is 6. The lowest BCUT2D eigenvalue weighted by Gasteiger charge is -2.22. The first-order valence-corrected chi connectivity index (χ1v) is 8.31. The van der Waals surface area contributed by atoms with Gasteiger partial charge in [0.25, 0.3) is 0 Å². The predicted molar refractivity (Wildman–Crippen MR) is 87.3 cm³/mol. The lowest BCUT2D eigenvalue weighted by atomic mass is 10.1. The van der Waals surface area contributed by atoms with Crippen LogP contribution in [-0.2, 0) is 13.6 Å². The number of aryl methyl sites for hydroxylation is 2. The highest BCUT2D eigenvalue weighted by atomic mass is 35.5. The molecule has 4 heterocycles. The van der Waals surface area contributed by atoms with Gasteiger partial charge in [-0.15, -0.1) is 0 Å². The number of halogens is 1. The highest BCUT2D eigenvalue weighted by Crippen LogP contribution is 2.38. The summed E-state index contributed by atoms with van der Waals surface area (Å²) < 4.78 is 12.4. The van der Waals surface area contributed by atoms with Crippen molar-refractivity contribution in [3.63, 3.8) is 0 Å². The maximum Gasteiger partial charge on any atom is 0.241 e. The number of hydrogen-bond donors (Lipinski definition) is 0. The molecule has 0 saturated carbocycles. The summed E-state index contributed by atoms with van der Waals surface area (Å²) in [6.45, 7) is 3.55. The van der Waals surface area contributed by atoms with Gasteiger partial charge in [-0.25, -0.2) is 0 Å². The Morgan fingerprint density at radius 1 is 1.42 bits per heavy atom. The number of aromatic nitrogens is 4. The zero-order valence-corrected chi connectivity index (χ0v) is 14.3. The van der Waals surface area contributed by atoms with Crippen LogP contribution in [0.3, 0.4) is 0 Å². The molecule has 0 unspecified atom stereocenters. The third-order valence-electron chi connectivity index (χ3n) is 4.44. The van der Waals surface area contributed by atoms with Gasteiger partial charge in [0.2, 0.25) is 11.7 Å². The summed E-state index contributed by atoms with van der Waals surface area (Å²) in [7, 11) is 1.87. The van der Waals surface area contributed by atoms with Crippen molar-refractivity contribution in [3.8, 4) is 11.6 Å². The van der Waals surface area contributed by atoms with E-state index < -0.39 is 0 Å². The minimum atomic E-state index is 0.227. The normalized spacial score (nSPS) is 18.5. The summed E-state index contributed by atoms with van der Waals surface area (Å²) in [4.78, 5) is 6.74. The summed E-state index contributed by atoms with van der Waals surface area (Å²) in [5.41, 5.74) is 2.07. The van der Waals surface area contributed by atoms with Crippen LogP contribution in [0.15, 0.2) is 27.3 Å². The van der Waals surface area contributed by atoms with Crippen molar-refractivity contribution >= 4 is 11.6 Å². The first-order chi connectivity index (χ1) is 11.6.